The normalized spacial score (nSPS) is 14.5. The smallest absolute Gasteiger partial charge is 0.137 e. The van der Waals surface area contributed by atoms with Gasteiger partial charge in [0.25, 0.3) is 0 Å². The molecule has 0 unspecified atom stereocenters. The molecule has 5 nitrogen and oxygen atoms in total. The Morgan fingerprint density at radius 2 is 1.59 bits per heavy atom. The number of halogens is 1. The highest BCUT2D eigenvalue weighted by molar-refractivity contribution is 6.30. The maximum Gasteiger partial charge on any atom is 0.137 e. The van der Waals surface area contributed by atoms with E-state index >= 15 is 0 Å². The second-order valence-corrected chi connectivity index (χ2v) is 7.60. The molecule has 3 aromatic heterocycles. The highest BCUT2D eigenvalue weighted by atomic mass is 35.5. The molecule has 4 rings (SSSR count). The maximum absolute atomic E-state index is 6.16. The molecule has 0 amide bonds. The Kier molecular flexibility index (Phi) is 6.91. The first kappa shape index (κ1) is 21.3. The molecule has 1 saturated heterocycles. The third-order valence-electron chi connectivity index (χ3n) is 5.46. The Labute approximate surface area is 178 Å². The van der Waals surface area contributed by atoms with Crippen LogP contribution in [-0.2, 0) is 0 Å². The Morgan fingerprint density at radius 3 is 2.24 bits per heavy atom. The number of aryl methyl sites for hydroxylation is 2. The van der Waals surface area contributed by atoms with E-state index in [0.29, 0.717) is 11.1 Å². The molecule has 0 saturated carbocycles. The van der Waals surface area contributed by atoms with Gasteiger partial charge in [-0.2, -0.15) is 0 Å². The highest BCUT2D eigenvalue weighted by Crippen LogP contribution is 2.31. The molecule has 0 aliphatic carbocycles. The van der Waals surface area contributed by atoms with E-state index in [1.54, 1.807) is 6.33 Å². The summed E-state index contributed by atoms with van der Waals surface area (Å²) in [5.74, 6) is 2.43. The molecule has 1 fully saturated rings. The molecular formula is C23H30ClN5. The van der Waals surface area contributed by atoms with Crippen molar-refractivity contribution in [3.05, 3.63) is 64.5 Å². The lowest BCUT2D eigenvalue weighted by atomic mass is 9.93. The molecule has 1 aliphatic heterocycles. The number of rotatable bonds is 3. The summed E-state index contributed by atoms with van der Waals surface area (Å²) in [6.07, 6.45) is 3.66. The van der Waals surface area contributed by atoms with Gasteiger partial charge in [0.05, 0.1) is 0 Å². The van der Waals surface area contributed by atoms with Crippen LogP contribution in [0.3, 0.4) is 0 Å². The zero-order valence-electron chi connectivity index (χ0n) is 18.0. The molecule has 29 heavy (non-hydrogen) atoms. The number of anilines is 1. The summed E-state index contributed by atoms with van der Waals surface area (Å²) in [4.78, 5) is 15.8. The van der Waals surface area contributed by atoms with E-state index in [0.717, 1.165) is 43.1 Å². The summed E-state index contributed by atoms with van der Waals surface area (Å²) in [7, 11) is 0. The molecule has 3 aromatic rings. The van der Waals surface area contributed by atoms with Crippen LogP contribution < -0.4 is 4.90 Å². The van der Waals surface area contributed by atoms with Crippen molar-refractivity contribution in [2.24, 2.45) is 0 Å². The SMILES string of the molecule is CC.Cc1c(Cl)ncnc1N1CCC(c2cccc(-n3c(C)ccc3C)n2)CC1. The lowest BCUT2D eigenvalue weighted by Gasteiger charge is -2.33. The molecule has 0 spiro atoms. The van der Waals surface area contributed by atoms with Gasteiger partial charge in [0, 0.05) is 41.7 Å². The summed E-state index contributed by atoms with van der Waals surface area (Å²) in [6.45, 7) is 12.1. The van der Waals surface area contributed by atoms with Crippen LogP contribution in [0, 0.1) is 20.8 Å². The molecule has 0 atom stereocenters. The van der Waals surface area contributed by atoms with Crippen molar-refractivity contribution in [3.63, 3.8) is 0 Å². The zero-order valence-corrected chi connectivity index (χ0v) is 18.7. The van der Waals surface area contributed by atoms with Gasteiger partial charge in [-0.25, -0.2) is 15.0 Å². The van der Waals surface area contributed by atoms with Crippen molar-refractivity contribution in [1.82, 2.24) is 19.5 Å². The van der Waals surface area contributed by atoms with Crippen LogP contribution in [0.2, 0.25) is 5.15 Å². The molecule has 0 N–H and O–H groups in total. The zero-order chi connectivity index (χ0) is 21.0. The van der Waals surface area contributed by atoms with Crippen molar-refractivity contribution < 1.29 is 0 Å². The molecule has 6 heteroatoms. The van der Waals surface area contributed by atoms with Crippen molar-refractivity contribution >= 4 is 17.4 Å². The number of hydrogen-bond donors (Lipinski definition) is 0. The van der Waals surface area contributed by atoms with Crippen LogP contribution in [0.1, 0.15) is 55.3 Å². The second kappa shape index (κ2) is 9.40. The third-order valence-corrected chi connectivity index (χ3v) is 5.85. The van der Waals surface area contributed by atoms with Crippen molar-refractivity contribution in [3.8, 4) is 5.82 Å². The summed E-state index contributed by atoms with van der Waals surface area (Å²) in [5, 5.41) is 0.536. The number of nitrogens with zero attached hydrogens (tertiary/aromatic N) is 5. The monoisotopic (exact) mass is 411 g/mol. The predicted octanol–water partition coefficient (Wildman–Crippen LogP) is 5.65. The predicted molar refractivity (Wildman–Crippen MR) is 120 cm³/mol. The Bertz CT molecular complexity index is 938. The van der Waals surface area contributed by atoms with Gasteiger partial charge in [-0.15, -0.1) is 0 Å². The lowest BCUT2D eigenvalue weighted by Crippen LogP contribution is -2.34. The van der Waals surface area contributed by atoms with E-state index in [1.165, 1.54) is 17.1 Å². The van der Waals surface area contributed by atoms with E-state index < -0.39 is 0 Å². The van der Waals surface area contributed by atoms with Crippen LogP contribution in [-0.4, -0.2) is 32.6 Å². The molecule has 4 heterocycles. The summed E-state index contributed by atoms with van der Waals surface area (Å²) in [5.41, 5.74) is 4.56. The quantitative estimate of drug-likeness (QED) is 0.522. The van der Waals surface area contributed by atoms with Gasteiger partial charge in [-0.3, -0.25) is 0 Å². The second-order valence-electron chi connectivity index (χ2n) is 7.25. The van der Waals surface area contributed by atoms with Crippen LogP contribution in [0.15, 0.2) is 36.7 Å². The van der Waals surface area contributed by atoms with E-state index in [2.05, 4.69) is 63.6 Å². The first-order valence-corrected chi connectivity index (χ1v) is 10.8. The van der Waals surface area contributed by atoms with Crippen molar-refractivity contribution in [1.29, 1.82) is 0 Å². The molecule has 0 aromatic carbocycles. The average Bonchev–Trinajstić information content (AvgIpc) is 3.10. The van der Waals surface area contributed by atoms with E-state index in [-0.39, 0.29) is 0 Å². The number of hydrogen-bond acceptors (Lipinski definition) is 4. The Hall–Kier alpha value is -2.40. The fraction of sp³-hybridized carbons (Fsp3) is 0.435. The van der Waals surface area contributed by atoms with Gasteiger partial charge < -0.3 is 9.47 Å². The van der Waals surface area contributed by atoms with Gasteiger partial charge in [0.2, 0.25) is 0 Å². The summed E-state index contributed by atoms with van der Waals surface area (Å²) >= 11 is 6.16. The lowest BCUT2D eigenvalue weighted by molar-refractivity contribution is 0.492. The minimum Gasteiger partial charge on any atom is -0.356 e. The van der Waals surface area contributed by atoms with Crippen LogP contribution in [0.4, 0.5) is 5.82 Å². The number of piperidine rings is 1. The largest absolute Gasteiger partial charge is 0.356 e. The summed E-state index contributed by atoms with van der Waals surface area (Å²) in [6, 6.07) is 10.6. The van der Waals surface area contributed by atoms with Gasteiger partial charge in [0.15, 0.2) is 0 Å². The Balaban J connectivity index is 0.00000117. The minimum atomic E-state index is 0.468. The number of pyridine rings is 1. The van der Waals surface area contributed by atoms with Gasteiger partial charge in [0.1, 0.15) is 23.1 Å². The molecule has 1 aliphatic rings. The average molecular weight is 412 g/mol. The van der Waals surface area contributed by atoms with Crippen molar-refractivity contribution in [2.75, 3.05) is 18.0 Å². The summed E-state index contributed by atoms with van der Waals surface area (Å²) < 4.78 is 2.21. The van der Waals surface area contributed by atoms with Gasteiger partial charge >= 0.3 is 0 Å². The van der Waals surface area contributed by atoms with Crippen LogP contribution >= 0.6 is 11.6 Å². The maximum atomic E-state index is 6.16. The van der Waals surface area contributed by atoms with Crippen LogP contribution in [0.5, 0.6) is 0 Å². The fourth-order valence-corrected chi connectivity index (χ4v) is 4.08. The Morgan fingerprint density at radius 1 is 0.931 bits per heavy atom. The first-order valence-electron chi connectivity index (χ1n) is 10.4. The van der Waals surface area contributed by atoms with E-state index in [1.807, 2.05) is 20.8 Å². The first-order chi connectivity index (χ1) is 14.0. The van der Waals surface area contributed by atoms with E-state index in [9.17, 15) is 0 Å². The van der Waals surface area contributed by atoms with Gasteiger partial charge in [-0.1, -0.05) is 31.5 Å². The number of aromatic nitrogens is 4. The molecule has 0 radical (unpaired) electrons. The van der Waals surface area contributed by atoms with Gasteiger partial charge in [-0.05, 0) is 57.9 Å². The molecule has 0 bridgehead atoms. The standard InChI is InChI=1S/C21H24ClN5.C2H6/c1-14-7-8-15(2)27(14)19-6-4-5-18(25-19)17-9-11-26(12-10-17)21-16(3)20(22)23-13-24-21;1-2/h4-8,13,17H,9-12H2,1-3H3;1-2H3. The van der Waals surface area contributed by atoms with Crippen molar-refractivity contribution in [2.45, 2.75) is 53.4 Å². The van der Waals surface area contributed by atoms with E-state index in [4.69, 9.17) is 16.6 Å². The highest BCUT2D eigenvalue weighted by Gasteiger charge is 2.24. The molecular weight excluding hydrogens is 382 g/mol. The molecule has 154 valence electrons. The third kappa shape index (κ3) is 4.45. The fourth-order valence-electron chi connectivity index (χ4n) is 3.95. The minimum absolute atomic E-state index is 0.468. The van der Waals surface area contributed by atoms with Crippen LogP contribution in [0.25, 0.3) is 5.82 Å². The topological polar surface area (TPSA) is 46.8 Å².